The molecule has 5 heterocycles. The van der Waals surface area contributed by atoms with Gasteiger partial charge < -0.3 is 25.2 Å². The molecule has 6 rings (SSSR count). The first kappa shape index (κ1) is 21.8. The van der Waals surface area contributed by atoms with Gasteiger partial charge in [-0.3, -0.25) is 4.79 Å². The molecule has 3 N–H and O–H groups in total. The van der Waals surface area contributed by atoms with E-state index in [0.717, 1.165) is 52.1 Å². The number of pyridine rings is 2. The normalized spacial score (nSPS) is 17.4. The van der Waals surface area contributed by atoms with E-state index >= 15 is 0 Å². The number of likely N-dealkylation sites (tertiary alicyclic amines) is 1. The number of hydrogen-bond donors (Lipinski definition) is 3. The molecule has 2 aliphatic rings. The van der Waals surface area contributed by atoms with Gasteiger partial charge >= 0.3 is 0 Å². The fourth-order valence-corrected chi connectivity index (χ4v) is 5.26. The Bertz CT molecular complexity index is 1430. The van der Waals surface area contributed by atoms with E-state index in [2.05, 4.69) is 44.7 Å². The molecule has 1 aromatic carbocycles. The number of anilines is 2. The number of nitrogens with zero attached hydrogens (tertiary/aromatic N) is 4. The van der Waals surface area contributed by atoms with Crippen molar-refractivity contribution in [3.63, 3.8) is 0 Å². The van der Waals surface area contributed by atoms with Crippen LogP contribution >= 0.6 is 0 Å². The molecule has 35 heavy (non-hydrogen) atoms. The first-order valence-electron chi connectivity index (χ1n) is 11.9. The third kappa shape index (κ3) is 3.66. The second-order valence-electron chi connectivity index (χ2n) is 9.61. The zero-order valence-corrected chi connectivity index (χ0v) is 19.9. The number of rotatable bonds is 4. The third-order valence-electron chi connectivity index (χ3n) is 7.40. The van der Waals surface area contributed by atoms with Crippen molar-refractivity contribution >= 4 is 28.4 Å². The lowest BCUT2D eigenvalue weighted by Crippen LogP contribution is -2.40. The highest BCUT2D eigenvalue weighted by Crippen LogP contribution is 2.38. The number of aliphatic hydroxyl groups is 1. The molecule has 8 nitrogen and oxygen atoms in total. The lowest BCUT2D eigenvalue weighted by atomic mass is 9.85. The Hall–Kier alpha value is -3.75. The van der Waals surface area contributed by atoms with Gasteiger partial charge in [0.05, 0.1) is 16.9 Å². The number of carbonyl (C=O) groups is 1. The first-order valence-corrected chi connectivity index (χ1v) is 11.9. The van der Waals surface area contributed by atoms with E-state index in [1.807, 2.05) is 48.3 Å². The quantitative estimate of drug-likeness (QED) is 0.424. The van der Waals surface area contributed by atoms with Gasteiger partial charge in [0.1, 0.15) is 11.5 Å². The topological polar surface area (TPSA) is 95.3 Å². The highest BCUT2D eigenvalue weighted by atomic mass is 16.3. The minimum absolute atomic E-state index is 0.0973. The van der Waals surface area contributed by atoms with Gasteiger partial charge in [0.2, 0.25) is 0 Å². The summed E-state index contributed by atoms with van der Waals surface area (Å²) in [5.41, 5.74) is 5.31. The standard InChI is InChI=1S/C27H28N6O2/c1-32-13-9-27(35,10-14-32)17-3-6-23(29-15-17)31-22-5-4-18(21-16-30-26(34)24(21)22)19-7-11-28-25-20(19)8-12-33(25)2/h3-8,11-12,15,35H,9-10,13-14,16H2,1-2H3,(H,29,31)(H,30,34). The van der Waals surface area contributed by atoms with Crippen molar-refractivity contribution in [2.45, 2.75) is 25.0 Å². The molecule has 0 spiro atoms. The van der Waals surface area contributed by atoms with Gasteiger partial charge in [0, 0.05) is 56.2 Å². The van der Waals surface area contributed by atoms with Crippen molar-refractivity contribution in [2.24, 2.45) is 7.05 Å². The summed E-state index contributed by atoms with van der Waals surface area (Å²) in [7, 11) is 4.05. The molecule has 0 radical (unpaired) electrons. The van der Waals surface area contributed by atoms with E-state index in [-0.39, 0.29) is 5.91 Å². The first-order chi connectivity index (χ1) is 16.9. The summed E-state index contributed by atoms with van der Waals surface area (Å²) in [6.45, 7) is 2.19. The molecule has 8 heteroatoms. The molecular weight excluding hydrogens is 440 g/mol. The van der Waals surface area contributed by atoms with Crippen LogP contribution in [0, 0.1) is 0 Å². The van der Waals surface area contributed by atoms with Gasteiger partial charge in [-0.15, -0.1) is 0 Å². The van der Waals surface area contributed by atoms with Crippen molar-refractivity contribution in [1.29, 1.82) is 0 Å². The van der Waals surface area contributed by atoms with Crippen LogP contribution in [-0.4, -0.2) is 50.6 Å². The predicted molar refractivity (Wildman–Crippen MR) is 135 cm³/mol. The van der Waals surface area contributed by atoms with Gasteiger partial charge in [-0.05, 0) is 60.8 Å². The molecule has 0 unspecified atom stereocenters. The number of benzene rings is 1. The summed E-state index contributed by atoms with van der Waals surface area (Å²) in [5.74, 6) is 0.536. The molecule has 3 aromatic heterocycles. The number of piperidine rings is 1. The van der Waals surface area contributed by atoms with Crippen molar-refractivity contribution in [3.8, 4) is 11.1 Å². The lowest BCUT2D eigenvalue weighted by molar-refractivity contribution is -0.0205. The van der Waals surface area contributed by atoms with Crippen LogP contribution in [0.5, 0.6) is 0 Å². The van der Waals surface area contributed by atoms with E-state index in [9.17, 15) is 9.90 Å². The zero-order chi connectivity index (χ0) is 24.2. The minimum atomic E-state index is -0.839. The summed E-state index contributed by atoms with van der Waals surface area (Å²) < 4.78 is 2.00. The zero-order valence-electron chi connectivity index (χ0n) is 19.9. The van der Waals surface area contributed by atoms with Gasteiger partial charge in [0.15, 0.2) is 0 Å². The molecule has 2 aliphatic heterocycles. The summed E-state index contributed by atoms with van der Waals surface area (Å²) >= 11 is 0. The summed E-state index contributed by atoms with van der Waals surface area (Å²) in [4.78, 5) is 24.1. The molecule has 0 bridgehead atoms. The molecular formula is C27H28N6O2. The van der Waals surface area contributed by atoms with E-state index in [1.54, 1.807) is 6.20 Å². The number of carbonyl (C=O) groups excluding carboxylic acids is 1. The van der Waals surface area contributed by atoms with E-state index in [4.69, 9.17) is 0 Å². The van der Waals surface area contributed by atoms with Crippen molar-refractivity contribution < 1.29 is 9.90 Å². The molecule has 1 amide bonds. The van der Waals surface area contributed by atoms with Crippen molar-refractivity contribution in [2.75, 3.05) is 25.5 Å². The second-order valence-corrected chi connectivity index (χ2v) is 9.61. The van der Waals surface area contributed by atoms with Crippen LogP contribution in [0.1, 0.15) is 34.3 Å². The van der Waals surface area contributed by atoms with Crippen LogP contribution in [0.25, 0.3) is 22.2 Å². The molecule has 4 aromatic rings. The van der Waals surface area contributed by atoms with Gasteiger partial charge in [0.25, 0.3) is 5.91 Å². The lowest BCUT2D eigenvalue weighted by Gasteiger charge is -2.36. The molecule has 178 valence electrons. The summed E-state index contributed by atoms with van der Waals surface area (Å²) in [6.07, 6.45) is 6.93. The van der Waals surface area contributed by atoms with Crippen LogP contribution < -0.4 is 10.6 Å². The Kier molecular flexibility index (Phi) is 5.09. The van der Waals surface area contributed by atoms with Crippen LogP contribution in [0.15, 0.2) is 55.0 Å². The maximum Gasteiger partial charge on any atom is 0.254 e. The highest BCUT2D eigenvalue weighted by Gasteiger charge is 2.33. The summed E-state index contributed by atoms with van der Waals surface area (Å²) in [6, 6.07) is 11.9. The van der Waals surface area contributed by atoms with Crippen molar-refractivity contribution in [3.05, 3.63) is 71.7 Å². The minimum Gasteiger partial charge on any atom is -0.385 e. The predicted octanol–water partition coefficient (Wildman–Crippen LogP) is 3.54. The summed E-state index contributed by atoms with van der Waals surface area (Å²) in [5, 5.41) is 18.4. The highest BCUT2D eigenvalue weighted by molar-refractivity contribution is 6.07. The Morgan fingerprint density at radius 2 is 1.86 bits per heavy atom. The SMILES string of the molecule is CN1CCC(O)(c2ccc(Nc3ccc(-c4ccnc5c4ccn5C)c4c3C(=O)NC4)nc2)CC1. The van der Waals surface area contributed by atoms with Crippen LogP contribution in [-0.2, 0) is 19.2 Å². The number of nitrogens with one attached hydrogen (secondary N) is 2. The smallest absolute Gasteiger partial charge is 0.254 e. The maximum absolute atomic E-state index is 12.8. The van der Waals surface area contributed by atoms with E-state index in [0.29, 0.717) is 30.8 Å². The fourth-order valence-electron chi connectivity index (χ4n) is 5.26. The number of amides is 1. The Morgan fingerprint density at radius 3 is 2.63 bits per heavy atom. The number of hydrogen-bond acceptors (Lipinski definition) is 6. The maximum atomic E-state index is 12.8. The average molecular weight is 469 g/mol. The molecule has 0 atom stereocenters. The fraction of sp³-hybridized carbons (Fsp3) is 0.296. The molecule has 1 fully saturated rings. The van der Waals surface area contributed by atoms with Crippen LogP contribution in [0.3, 0.4) is 0 Å². The van der Waals surface area contributed by atoms with E-state index in [1.165, 1.54) is 0 Å². The molecule has 1 saturated heterocycles. The average Bonchev–Trinajstić information content (AvgIpc) is 3.45. The number of aryl methyl sites for hydroxylation is 1. The van der Waals surface area contributed by atoms with Crippen LogP contribution in [0.4, 0.5) is 11.5 Å². The van der Waals surface area contributed by atoms with Crippen molar-refractivity contribution in [1.82, 2.24) is 24.8 Å². The Balaban J connectivity index is 1.33. The largest absolute Gasteiger partial charge is 0.385 e. The monoisotopic (exact) mass is 468 g/mol. The molecule has 0 aliphatic carbocycles. The third-order valence-corrected chi connectivity index (χ3v) is 7.40. The second kappa shape index (κ2) is 8.18. The Labute approximate surface area is 203 Å². The van der Waals surface area contributed by atoms with Gasteiger partial charge in [-0.25, -0.2) is 9.97 Å². The molecule has 0 saturated carbocycles. The Morgan fingerprint density at radius 1 is 1.03 bits per heavy atom. The van der Waals surface area contributed by atoms with E-state index < -0.39 is 5.60 Å². The van der Waals surface area contributed by atoms with Gasteiger partial charge in [-0.2, -0.15) is 0 Å². The van der Waals surface area contributed by atoms with Gasteiger partial charge in [-0.1, -0.05) is 12.1 Å². The number of fused-ring (bicyclic) bond motifs is 2. The van der Waals surface area contributed by atoms with Crippen LogP contribution in [0.2, 0.25) is 0 Å². The number of aromatic nitrogens is 3.